The SMILES string of the molecule is CC1C2CC3C1CS(=O)(=O)C3C2. The van der Waals surface area contributed by atoms with E-state index in [4.69, 9.17) is 0 Å². The van der Waals surface area contributed by atoms with Crippen LogP contribution in [0.15, 0.2) is 0 Å². The van der Waals surface area contributed by atoms with E-state index < -0.39 is 9.84 Å². The van der Waals surface area contributed by atoms with Crippen molar-refractivity contribution in [2.24, 2.45) is 23.7 Å². The van der Waals surface area contributed by atoms with Crippen LogP contribution in [0.1, 0.15) is 19.8 Å². The molecule has 5 unspecified atom stereocenters. The van der Waals surface area contributed by atoms with Crippen LogP contribution in [-0.4, -0.2) is 19.4 Å². The first-order valence-electron chi connectivity index (χ1n) is 4.81. The summed E-state index contributed by atoms with van der Waals surface area (Å²) in [5, 5.41) is 0.0729. The lowest BCUT2D eigenvalue weighted by Gasteiger charge is -2.22. The Morgan fingerprint density at radius 1 is 1.17 bits per heavy atom. The molecule has 5 atom stereocenters. The summed E-state index contributed by atoms with van der Waals surface area (Å²) in [7, 11) is -2.66. The highest BCUT2D eigenvalue weighted by Crippen LogP contribution is 2.58. The van der Waals surface area contributed by atoms with Crippen molar-refractivity contribution < 1.29 is 8.42 Å². The van der Waals surface area contributed by atoms with E-state index >= 15 is 0 Å². The molecule has 0 radical (unpaired) electrons. The molecule has 1 saturated heterocycles. The van der Waals surface area contributed by atoms with Gasteiger partial charge in [0.25, 0.3) is 0 Å². The molecular formula is C9H14O2S. The van der Waals surface area contributed by atoms with Gasteiger partial charge in [-0.15, -0.1) is 0 Å². The third kappa shape index (κ3) is 0.652. The molecule has 0 aromatic heterocycles. The van der Waals surface area contributed by atoms with Crippen molar-refractivity contribution in [3.8, 4) is 0 Å². The van der Waals surface area contributed by atoms with Gasteiger partial charge in [-0.3, -0.25) is 0 Å². The molecule has 0 aromatic rings. The average Bonchev–Trinajstić information content (AvgIpc) is 2.54. The van der Waals surface area contributed by atoms with Crippen LogP contribution >= 0.6 is 0 Å². The summed E-state index contributed by atoms with van der Waals surface area (Å²) in [6, 6.07) is 0. The maximum absolute atomic E-state index is 11.6. The zero-order valence-corrected chi connectivity index (χ0v) is 8.05. The van der Waals surface area contributed by atoms with E-state index in [1.54, 1.807) is 0 Å². The van der Waals surface area contributed by atoms with Gasteiger partial charge in [-0.1, -0.05) is 6.92 Å². The van der Waals surface area contributed by atoms with Crippen molar-refractivity contribution in [2.75, 3.05) is 5.75 Å². The Morgan fingerprint density at radius 3 is 2.50 bits per heavy atom. The molecular weight excluding hydrogens is 172 g/mol. The summed E-state index contributed by atoms with van der Waals surface area (Å²) in [4.78, 5) is 0. The lowest BCUT2D eigenvalue weighted by Crippen LogP contribution is -2.23. The number of rotatable bonds is 0. The third-order valence-electron chi connectivity index (χ3n) is 4.44. The topological polar surface area (TPSA) is 34.1 Å². The predicted molar refractivity (Wildman–Crippen MR) is 46.4 cm³/mol. The maximum Gasteiger partial charge on any atom is 0.153 e. The zero-order valence-electron chi connectivity index (χ0n) is 7.23. The van der Waals surface area contributed by atoms with E-state index in [1.807, 2.05) is 0 Å². The summed E-state index contributed by atoms with van der Waals surface area (Å²) in [5.74, 6) is 3.00. The molecule has 0 N–H and O–H groups in total. The second kappa shape index (κ2) is 1.89. The normalized spacial score (nSPS) is 59.6. The largest absolute Gasteiger partial charge is 0.229 e. The van der Waals surface area contributed by atoms with Crippen molar-refractivity contribution in [3.05, 3.63) is 0 Å². The van der Waals surface area contributed by atoms with E-state index in [-0.39, 0.29) is 5.25 Å². The van der Waals surface area contributed by atoms with Crippen LogP contribution in [0.2, 0.25) is 0 Å². The minimum Gasteiger partial charge on any atom is -0.229 e. The summed E-state index contributed by atoms with van der Waals surface area (Å²) >= 11 is 0. The van der Waals surface area contributed by atoms with Gasteiger partial charge in [0.05, 0.1) is 11.0 Å². The Balaban J connectivity index is 2.11. The molecule has 2 aliphatic carbocycles. The van der Waals surface area contributed by atoms with E-state index in [2.05, 4.69) is 6.92 Å². The Morgan fingerprint density at radius 2 is 1.92 bits per heavy atom. The van der Waals surface area contributed by atoms with E-state index in [0.717, 1.165) is 12.3 Å². The van der Waals surface area contributed by atoms with Crippen LogP contribution in [-0.2, 0) is 9.84 Å². The lowest BCUT2D eigenvalue weighted by molar-refractivity contribution is 0.286. The summed E-state index contributed by atoms with van der Waals surface area (Å²) in [5.41, 5.74) is 0. The van der Waals surface area contributed by atoms with Gasteiger partial charge in [0, 0.05) is 0 Å². The molecule has 3 aliphatic rings. The van der Waals surface area contributed by atoms with Gasteiger partial charge in [0.1, 0.15) is 0 Å². The molecule has 0 aromatic carbocycles. The van der Waals surface area contributed by atoms with Gasteiger partial charge in [-0.25, -0.2) is 8.42 Å². The van der Waals surface area contributed by atoms with Crippen LogP contribution in [0.25, 0.3) is 0 Å². The molecule has 3 rings (SSSR count). The fourth-order valence-electron chi connectivity index (χ4n) is 3.77. The van der Waals surface area contributed by atoms with Crippen molar-refractivity contribution in [1.82, 2.24) is 0 Å². The number of hydrogen-bond acceptors (Lipinski definition) is 2. The first kappa shape index (κ1) is 7.36. The van der Waals surface area contributed by atoms with Gasteiger partial charge in [-0.2, -0.15) is 0 Å². The first-order valence-corrected chi connectivity index (χ1v) is 6.53. The second-order valence-electron chi connectivity index (χ2n) is 4.79. The van der Waals surface area contributed by atoms with Gasteiger partial charge < -0.3 is 0 Å². The molecule has 2 nitrogen and oxygen atoms in total. The summed E-state index contributed by atoms with van der Waals surface area (Å²) < 4.78 is 23.3. The van der Waals surface area contributed by atoms with Crippen molar-refractivity contribution >= 4 is 9.84 Å². The Kier molecular flexibility index (Phi) is 1.16. The molecule has 3 heteroatoms. The van der Waals surface area contributed by atoms with Crippen molar-refractivity contribution in [3.63, 3.8) is 0 Å². The van der Waals surface area contributed by atoms with Crippen molar-refractivity contribution in [1.29, 1.82) is 0 Å². The molecule has 2 saturated carbocycles. The molecule has 3 fully saturated rings. The number of sulfone groups is 1. The highest BCUT2D eigenvalue weighted by molar-refractivity contribution is 7.92. The minimum atomic E-state index is -2.66. The van der Waals surface area contributed by atoms with E-state index in [9.17, 15) is 8.42 Å². The van der Waals surface area contributed by atoms with Crippen LogP contribution in [0.3, 0.4) is 0 Å². The fraction of sp³-hybridized carbons (Fsp3) is 1.00. The van der Waals surface area contributed by atoms with Gasteiger partial charge in [-0.05, 0) is 36.5 Å². The van der Waals surface area contributed by atoms with Crippen LogP contribution < -0.4 is 0 Å². The summed E-state index contributed by atoms with van der Waals surface area (Å²) in [6.07, 6.45) is 2.18. The second-order valence-corrected chi connectivity index (χ2v) is 7.05. The number of fused-ring (bicyclic) bond motifs is 1. The molecule has 2 bridgehead atoms. The lowest BCUT2D eigenvalue weighted by atomic mass is 9.82. The zero-order chi connectivity index (χ0) is 8.51. The molecule has 1 aliphatic heterocycles. The molecule has 0 spiro atoms. The van der Waals surface area contributed by atoms with Gasteiger partial charge in [0.15, 0.2) is 9.84 Å². The van der Waals surface area contributed by atoms with Crippen LogP contribution in [0.5, 0.6) is 0 Å². The van der Waals surface area contributed by atoms with Gasteiger partial charge in [0.2, 0.25) is 0 Å². The highest BCUT2D eigenvalue weighted by atomic mass is 32.2. The smallest absolute Gasteiger partial charge is 0.153 e. The fourth-order valence-corrected chi connectivity index (χ4v) is 6.49. The quantitative estimate of drug-likeness (QED) is 0.567. The summed E-state index contributed by atoms with van der Waals surface area (Å²) in [6.45, 7) is 2.24. The van der Waals surface area contributed by atoms with E-state index in [1.165, 1.54) is 6.42 Å². The Bertz CT molecular complexity index is 319. The minimum absolute atomic E-state index is 0.0729. The Hall–Kier alpha value is -0.0500. The number of hydrogen-bond donors (Lipinski definition) is 0. The predicted octanol–water partition coefficient (Wildman–Crippen LogP) is 1.08. The first-order chi connectivity index (χ1) is 5.59. The Labute approximate surface area is 73.3 Å². The third-order valence-corrected chi connectivity index (χ3v) is 6.76. The van der Waals surface area contributed by atoms with E-state index in [0.29, 0.717) is 23.5 Å². The highest BCUT2D eigenvalue weighted by Gasteiger charge is 2.60. The molecule has 1 heterocycles. The molecule has 0 amide bonds. The van der Waals surface area contributed by atoms with Crippen LogP contribution in [0.4, 0.5) is 0 Å². The molecule has 12 heavy (non-hydrogen) atoms. The standard InChI is InChI=1S/C9H14O2S/c1-5-6-2-7-8(5)4-12(10,11)9(7)3-6/h5-9H,2-4H2,1H3. The average molecular weight is 186 g/mol. The monoisotopic (exact) mass is 186 g/mol. The maximum atomic E-state index is 11.6. The van der Waals surface area contributed by atoms with Crippen LogP contribution in [0, 0.1) is 23.7 Å². The van der Waals surface area contributed by atoms with Crippen molar-refractivity contribution in [2.45, 2.75) is 25.0 Å². The molecule has 68 valence electrons. The van der Waals surface area contributed by atoms with Gasteiger partial charge >= 0.3 is 0 Å².